The summed E-state index contributed by atoms with van der Waals surface area (Å²) in [5, 5.41) is 8.31. The number of hydrogen-bond donors (Lipinski definition) is 1. The molecule has 0 saturated carbocycles. The highest BCUT2D eigenvalue weighted by Crippen LogP contribution is 2.15. The van der Waals surface area contributed by atoms with Crippen LogP contribution in [-0.4, -0.2) is 23.0 Å². The van der Waals surface area contributed by atoms with Gasteiger partial charge in [0.2, 0.25) is 5.03 Å². The van der Waals surface area contributed by atoms with E-state index in [0.29, 0.717) is 12.1 Å². The third kappa shape index (κ3) is 2.34. The smallest absolute Gasteiger partial charge is 0.223 e. The van der Waals surface area contributed by atoms with Gasteiger partial charge < -0.3 is 0 Å². The third-order valence-electron chi connectivity index (χ3n) is 2.51. The molecular weight excluding hydrogens is 259 g/mol. The Kier molecular flexibility index (Phi) is 3.31. The van der Waals surface area contributed by atoms with E-state index in [9.17, 15) is 12.8 Å². The summed E-state index contributed by atoms with van der Waals surface area (Å²) >= 11 is 0. The molecule has 98 valence electrons. The number of nitrogens with two attached hydrogens (primary N) is 1. The molecule has 0 fully saturated rings. The maximum atomic E-state index is 13.5. The first-order valence-electron chi connectivity index (χ1n) is 5.50. The first-order valence-corrected chi connectivity index (χ1v) is 7.05. The Bertz CT molecular complexity index is 680. The van der Waals surface area contributed by atoms with E-state index in [1.807, 2.05) is 6.92 Å². The van der Waals surface area contributed by atoms with Gasteiger partial charge in [-0.1, -0.05) is 13.3 Å². The van der Waals surface area contributed by atoms with Crippen molar-refractivity contribution in [2.24, 2.45) is 5.14 Å². The van der Waals surface area contributed by atoms with Gasteiger partial charge in [-0.2, -0.15) is 19.0 Å². The lowest BCUT2D eigenvalue weighted by Crippen LogP contribution is -2.17. The molecule has 2 aromatic rings. The first-order chi connectivity index (χ1) is 8.43. The number of primary sulfonamides is 1. The van der Waals surface area contributed by atoms with E-state index < -0.39 is 21.0 Å². The lowest BCUT2D eigenvalue weighted by molar-refractivity contribution is 0.532. The third-order valence-corrected chi connectivity index (χ3v) is 3.39. The molecule has 6 nitrogen and oxygen atoms in total. The van der Waals surface area contributed by atoms with Crippen molar-refractivity contribution >= 4 is 15.7 Å². The minimum Gasteiger partial charge on any atom is -0.223 e. The van der Waals surface area contributed by atoms with Crippen LogP contribution in [0.5, 0.6) is 0 Å². The summed E-state index contributed by atoms with van der Waals surface area (Å²) in [5.74, 6) is -1.13. The van der Waals surface area contributed by atoms with Crippen LogP contribution in [0.2, 0.25) is 0 Å². The maximum absolute atomic E-state index is 13.5. The first kappa shape index (κ1) is 12.9. The molecule has 2 heterocycles. The number of hydrogen-bond acceptors (Lipinski definition) is 4. The SMILES string of the molecule is CCCCc1ccc2nc(F)c(S(N)(=O)=O)n2n1. The number of aryl methyl sites for hydroxylation is 1. The highest BCUT2D eigenvalue weighted by Gasteiger charge is 2.23. The quantitative estimate of drug-likeness (QED) is 0.893. The van der Waals surface area contributed by atoms with Gasteiger partial charge in [0, 0.05) is 0 Å². The van der Waals surface area contributed by atoms with Gasteiger partial charge in [-0.05, 0) is 25.0 Å². The fourth-order valence-electron chi connectivity index (χ4n) is 1.65. The van der Waals surface area contributed by atoms with E-state index in [1.165, 1.54) is 6.07 Å². The molecule has 0 atom stereocenters. The Morgan fingerprint density at radius 1 is 1.44 bits per heavy atom. The van der Waals surface area contributed by atoms with E-state index in [1.54, 1.807) is 6.07 Å². The molecule has 0 radical (unpaired) electrons. The molecule has 0 amide bonds. The molecule has 0 bridgehead atoms. The summed E-state index contributed by atoms with van der Waals surface area (Å²) < 4.78 is 37.0. The van der Waals surface area contributed by atoms with Crippen LogP contribution in [0.1, 0.15) is 25.5 Å². The van der Waals surface area contributed by atoms with E-state index in [4.69, 9.17) is 5.14 Å². The van der Waals surface area contributed by atoms with Crippen LogP contribution in [0.25, 0.3) is 5.65 Å². The summed E-state index contributed by atoms with van der Waals surface area (Å²) in [4.78, 5) is 3.48. The fourth-order valence-corrected chi connectivity index (χ4v) is 2.31. The lowest BCUT2D eigenvalue weighted by Gasteiger charge is -2.02. The number of imidazole rings is 1. The minimum atomic E-state index is -4.19. The molecule has 0 aliphatic heterocycles. The number of rotatable bonds is 4. The minimum absolute atomic E-state index is 0.122. The van der Waals surface area contributed by atoms with Crippen molar-refractivity contribution < 1.29 is 12.8 Å². The van der Waals surface area contributed by atoms with Crippen LogP contribution in [-0.2, 0) is 16.4 Å². The van der Waals surface area contributed by atoms with Crippen LogP contribution in [0.4, 0.5) is 4.39 Å². The highest BCUT2D eigenvalue weighted by molar-refractivity contribution is 7.89. The van der Waals surface area contributed by atoms with Gasteiger partial charge in [-0.25, -0.2) is 13.6 Å². The van der Waals surface area contributed by atoms with Gasteiger partial charge in [-0.3, -0.25) is 0 Å². The molecule has 2 N–H and O–H groups in total. The highest BCUT2D eigenvalue weighted by atomic mass is 32.2. The predicted molar refractivity (Wildman–Crippen MR) is 62.9 cm³/mol. The van der Waals surface area contributed by atoms with Crippen LogP contribution in [0.15, 0.2) is 17.2 Å². The second-order valence-electron chi connectivity index (χ2n) is 3.95. The Balaban J connectivity index is 2.60. The fraction of sp³-hybridized carbons (Fsp3) is 0.400. The van der Waals surface area contributed by atoms with Gasteiger partial charge in [0.05, 0.1) is 5.69 Å². The molecule has 0 aliphatic carbocycles. The second kappa shape index (κ2) is 4.62. The van der Waals surface area contributed by atoms with Gasteiger partial charge in [0.25, 0.3) is 16.0 Å². The van der Waals surface area contributed by atoms with Crippen molar-refractivity contribution in [3.05, 3.63) is 23.8 Å². The van der Waals surface area contributed by atoms with E-state index >= 15 is 0 Å². The van der Waals surface area contributed by atoms with Crippen LogP contribution >= 0.6 is 0 Å². The number of aromatic nitrogens is 3. The predicted octanol–water partition coefficient (Wildman–Crippen LogP) is 0.858. The summed E-state index contributed by atoms with van der Waals surface area (Å²) in [6.07, 6.45) is 2.59. The second-order valence-corrected chi connectivity index (χ2v) is 5.43. The zero-order valence-corrected chi connectivity index (χ0v) is 10.6. The van der Waals surface area contributed by atoms with Crippen molar-refractivity contribution in [2.75, 3.05) is 0 Å². The molecule has 0 aromatic carbocycles. The zero-order valence-electron chi connectivity index (χ0n) is 9.80. The monoisotopic (exact) mass is 272 g/mol. The molecule has 0 unspecified atom stereocenters. The average molecular weight is 272 g/mol. The number of unbranched alkanes of at least 4 members (excludes halogenated alkanes) is 1. The van der Waals surface area contributed by atoms with Crippen LogP contribution in [0.3, 0.4) is 0 Å². The van der Waals surface area contributed by atoms with Crippen molar-refractivity contribution in [1.82, 2.24) is 14.6 Å². The number of sulfonamides is 1. The van der Waals surface area contributed by atoms with Gasteiger partial charge in [0.1, 0.15) is 0 Å². The summed E-state index contributed by atoms with van der Waals surface area (Å²) in [6, 6.07) is 3.22. The van der Waals surface area contributed by atoms with Crippen molar-refractivity contribution in [3.8, 4) is 0 Å². The topological polar surface area (TPSA) is 90.3 Å². The molecule has 18 heavy (non-hydrogen) atoms. The Labute approximate surface area is 104 Å². The molecule has 0 spiro atoms. The normalized spacial score (nSPS) is 12.2. The lowest BCUT2D eigenvalue weighted by atomic mass is 10.2. The Hall–Kier alpha value is -1.54. The number of nitrogens with zero attached hydrogens (tertiary/aromatic N) is 3. The van der Waals surface area contributed by atoms with E-state index in [-0.39, 0.29) is 5.65 Å². The molecular formula is C10H13FN4O2S. The summed E-state index contributed by atoms with van der Waals surface area (Å²) in [7, 11) is -4.19. The average Bonchev–Trinajstić information content (AvgIpc) is 2.60. The zero-order chi connectivity index (χ0) is 13.3. The van der Waals surface area contributed by atoms with Gasteiger partial charge in [-0.15, -0.1) is 0 Å². The largest absolute Gasteiger partial charge is 0.260 e. The molecule has 8 heteroatoms. The van der Waals surface area contributed by atoms with Crippen molar-refractivity contribution in [2.45, 2.75) is 31.2 Å². The molecule has 0 saturated heterocycles. The van der Waals surface area contributed by atoms with E-state index in [2.05, 4.69) is 10.1 Å². The summed E-state index contributed by atoms with van der Waals surface area (Å²) in [5.41, 5.74) is 0.795. The van der Waals surface area contributed by atoms with Gasteiger partial charge >= 0.3 is 0 Å². The van der Waals surface area contributed by atoms with Crippen molar-refractivity contribution in [3.63, 3.8) is 0 Å². The standard InChI is InChI=1S/C10H13FN4O2S/c1-2-3-4-7-5-6-8-13-9(11)10(15(8)14-7)18(12,16)17/h5-6H,2-4H2,1H3,(H2,12,16,17). The van der Waals surface area contributed by atoms with Gasteiger partial charge in [0.15, 0.2) is 5.65 Å². The van der Waals surface area contributed by atoms with Crippen molar-refractivity contribution in [1.29, 1.82) is 0 Å². The number of halogens is 1. The Morgan fingerprint density at radius 2 is 2.17 bits per heavy atom. The van der Waals surface area contributed by atoms with Crippen LogP contribution in [0, 0.1) is 5.95 Å². The maximum Gasteiger partial charge on any atom is 0.260 e. The molecule has 0 aliphatic rings. The van der Waals surface area contributed by atoms with E-state index in [0.717, 1.165) is 17.4 Å². The number of fused-ring (bicyclic) bond motifs is 1. The Morgan fingerprint density at radius 3 is 2.78 bits per heavy atom. The summed E-state index contributed by atoms with van der Waals surface area (Å²) in [6.45, 7) is 2.03. The molecule has 2 aromatic heterocycles. The molecule has 2 rings (SSSR count). The van der Waals surface area contributed by atoms with Crippen LogP contribution < -0.4 is 5.14 Å².